The van der Waals surface area contributed by atoms with E-state index in [9.17, 15) is 4.39 Å². The largest absolute Gasteiger partial charge is 0.300 e. The van der Waals surface area contributed by atoms with E-state index >= 15 is 0 Å². The van der Waals surface area contributed by atoms with Crippen LogP contribution in [0, 0.1) is 5.82 Å². The second-order valence-corrected chi connectivity index (χ2v) is 6.33. The summed E-state index contributed by atoms with van der Waals surface area (Å²) in [6.07, 6.45) is 6.38. The summed E-state index contributed by atoms with van der Waals surface area (Å²) in [6.45, 7) is 5.68. The van der Waals surface area contributed by atoms with E-state index in [1.165, 1.54) is 55.6 Å². The number of likely N-dealkylation sites (tertiary alicyclic amines) is 1. The van der Waals surface area contributed by atoms with Crippen molar-refractivity contribution in [2.45, 2.75) is 26.2 Å². The summed E-state index contributed by atoms with van der Waals surface area (Å²) in [4.78, 5) is 2.53. The van der Waals surface area contributed by atoms with Crippen LogP contribution in [0.1, 0.15) is 31.7 Å². The van der Waals surface area contributed by atoms with Gasteiger partial charge in [0.25, 0.3) is 0 Å². The zero-order valence-electron chi connectivity index (χ0n) is 13.8. The van der Waals surface area contributed by atoms with Crippen molar-refractivity contribution >= 4 is 5.57 Å². The summed E-state index contributed by atoms with van der Waals surface area (Å²) in [7, 11) is 0. The van der Waals surface area contributed by atoms with Crippen LogP contribution in [0.15, 0.2) is 54.6 Å². The van der Waals surface area contributed by atoms with E-state index < -0.39 is 0 Å². The van der Waals surface area contributed by atoms with E-state index in [-0.39, 0.29) is 5.82 Å². The van der Waals surface area contributed by atoms with Crippen LogP contribution in [0.25, 0.3) is 16.7 Å². The molecule has 1 aliphatic rings. The van der Waals surface area contributed by atoms with E-state index in [4.69, 9.17) is 0 Å². The van der Waals surface area contributed by atoms with E-state index in [1.54, 1.807) is 0 Å². The van der Waals surface area contributed by atoms with Crippen LogP contribution in [-0.2, 0) is 0 Å². The molecule has 0 amide bonds. The highest BCUT2D eigenvalue weighted by Crippen LogP contribution is 2.23. The second-order valence-electron chi connectivity index (χ2n) is 6.33. The molecule has 2 heteroatoms. The first-order valence-electron chi connectivity index (χ1n) is 8.48. The van der Waals surface area contributed by atoms with Crippen molar-refractivity contribution in [3.8, 4) is 11.1 Å². The highest BCUT2D eigenvalue weighted by atomic mass is 19.1. The van der Waals surface area contributed by atoms with Crippen molar-refractivity contribution in [1.82, 2.24) is 4.90 Å². The van der Waals surface area contributed by atoms with Crippen molar-refractivity contribution in [1.29, 1.82) is 0 Å². The molecule has 0 aromatic heterocycles. The maximum atomic E-state index is 13.0. The lowest BCUT2D eigenvalue weighted by Gasteiger charge is -2.25. The minimum atomic E-state index is -0.193. The fourth-order valence-electron chi connectivity index (χ4n) is 3.09. The van der Waals surface area contributed by atoms with Gasteiger partial charge in [-0.2, -0.15) is 0 Å². The van der Waals surface area contributed by atoms with Gasteiger partial charge in [-0.15, -0.1) is 0 Å². The van der Waals surface area contributed by atoms with Gasteiger partial charge in [0, 0.05) is 6.54 Å². The van der Waals surface area contributed by atoms with Crippen molar-refractivity contribution in [3.63, 3.8) is 0 Å². The number of piperidine rings is 1. The summed E-state index contributed by atoms with van der Waals surface area (Å²) in [5, 5.41) is 0. The quantitative estimate of drug-likeness (QED) is 0.732. The molecule has 23 heavy (non-hydrogen) atoms. The van der Waals surface area contributed by atoms with Crippen molar-refractivity contribution in [3.05, 3.63) is 66.0 Å². The standard InChI is InChI=1S/C21H24FN/c1-17(13-16-23-14-3-2-4-15-23)18-5-7-19(8-6-18)20-9-11-21(22)12-10-20/h5-13H,2-4,14-16H2,1H3. The molecule has 1 aliphatic heterocycles. The topological polar surface area (TPSA) is 3.24 Å². The van der Waals surface area contributed by atoms with E-state index in [0.29, 0.717) is 0 Å². The first kappa shape index (κ1) is 15.9. The Bertz CT molecular complexity index is 649. The van der Waals surface area contributed by atoms with Gasteiger partial charge < -0.3 is 0 Å². The van der Waals surface area contributed by atoms with Gasteiger partial charge in [0.15, 0.2) is 0 Å². The third kappa shape index (κ3) is 4.29. The Balaban J connectivity index is 1.67. The Labute approximate surface area is 138 Å². The average Bonchev–Trinajstić information content (AvgIpc) is 2.61. The normalized spacial score (nSPS) is 16.5. The number of nitrogens with zero attached hydrogens (tertiary/aromatic N) is 1. The lowest BCUT2D eigenvalue weighted by Crippen LogP contribution is -2.29. The molecule has 1 heterocycles. The third-order valence-electron chi connectivity index (χ3n) is 4.62. The molecular weight excluding hydrogens is 285 g/mol. The van der Waals surface area contributed by atoms with Gasteiger partial charge in [-0.05, 0) is 67.3 Å². The highest BCUT2D eigenvalue weighted by molar-refractivity contribution is 5.69. The minimum absolute atomic E-state index is 0.193. The zero-order chi connectivity index (χ0) is 16.1. The molecule has 0 saturated carbocycles. The van der Waals surface area contributed by atoms with Crippen LogP contribution in [-0.4, -0.2) is 24.5 Å². The van der Waals surface area contributed by atoms with Crippen LogP contribution >= 0.6 is 0 Å². The van der Waals surface area contributed by atoms with Crippen LogP contribution in [0.2, 0.25) is 0 Å². The molecule has 120 valence electrons. The zero-order valence-corrected chi connectivity index (χ0v) is 13.8. The summed E-state index contributed by atoms with van der Waals surface area (Å²) in [6, 6.07) is 15.2. The predicted molar refractivity (Wildman–Crippen MR) is 95.8 cm³/mol. The maximum Gasteiger partial charge on any atom is 0.123 e. The average molecular weight is 309 g/mol. The Hall–Kier alpha value is -1.93. The van der Waals surface area contributed by atoms with Crippen molar-refractivity contribution in [2.24, 2.45) is 0 Å². The smallest absolute Gasteiger partial charge is 0.123 e. The Morgan fingerprint density at radius 2 is 1.48 bits per heavy atom. The lowest BCUT2D eigenvalue weighted by atomic mass is 10.0. The molecule has 0 N–H and O–H groups in total. The van der Waals surface area contributed by atoms with Gasteiger partial charge in [-0.1, -0.05) is 48.9 Å². The van der Waals surface area contributed by atoms with Crippen molar-refractivity contribution < 1.29 is 4.39 Å². The first-order chi connectivity index (χ1) is 11.2. The molecule has 1 nitrogen and oxygen atoms in total. The maximum absolute atomic E-state index is 13.0. The first-order valence-corrected chi connectivity index (χ1v) is 8.48. The number of hydrogen-bond acceptors (Lipinski definition) is 1. The number of rotatable bonds is 4. The Morgan fingerprint density at radius 3 is 2.09 bits per heavy atom. The second kappa shape index (κ2) is 7.56. The predicted octanol–water partition coefficient (Wildman–Crippen LogP) is 5.38. The van der Waals surface area contributed by atoms with Crippen molar-refractivity contribution in [2.75, 3.05) is 19.6 Å². The van der Waals surface area contributed by atoms with E-state index in [2.05, 4.69) is 42.2 Å². The lowest BCUT2D eigenvalue weighted by molar-refractivity contribution is 0.251. The van der Waals surface area contributed by atoms with Gasteiger partial charge in [0.1, 0.15) is 5.82 Å². The molecule has 2 aromatic rings. The molecule has 2 aromatic carbocycles. The van der Waals surface area contributed by atoms with Crippen LogP contribution in [0.4, 0.5) is 4.39 Å². The monoisotopic (exact) mass is 309 g/mol. The van der Waals surface area contributed by atoms with Crippen LogP contribution in [0.5, 0.6) is 0 Å². The molecule has 0 bridgehead atoms. The minimum Gasteiger partial charge on any atom is -0.300 e. The Morgan fingerprint density at radius 1 is 0.913 bits per heavy atom. The summed E-state index contributed by atoms with van der Waals surface area (Å²) >= 11 is 0. The van der Waals surface area contributed by atoms with Crippen LogP contribution < -0.4 is 0 Å². The molecule has 0 atom stereocenters. The summed E-state index contributed by atoms with van der Waals surface area (Å²) < 4.78 is 13.0. The molecular formula is C21H24FN. The fourth-order valence-corrected chi connectivity index (χ4v) is 3.09. The number of halogens is 1. The number of hydrogen-bond donors (Lipinski definition) is 0. The summed E-state index contributed by atoms with van der Waals surface area (Å²) in [5.41, 5.74) is 4.75. The third-order valence-corrected chi connectivity index (χ3v) is 4.62. The fraction of sp³-hybridized carbons (Fsp3) is 0.333. The van der Waals surface area contributed by atoms with Gasteiger partial charge in [-0.3, -0.25) is 4.90 Å². The highest BCUT2D eigenvalue weighted by Gasteiger charge is 2.08. The molecule has 1 fully saturated rings. The molecule has 0 spiro atoms. The van der Waals surface area contributed by atoms with E-state index in [0.717, 1.165) is 17.7 Å². The molecule has 1 saturated heterocycles. The van der Waals surface area contributed by atoms with Gasteiger partial charge >= 0.3 is 0 Å². The molecule has 0 aliphatic carbocycles. The number of allylic oxidation sites excluding steroid dienone is 1. The van der Waals surface area contributed by atoms with Crippen LogP contribution in [0.3, 0.4) is 0 Å². The van der Waals surface area contributed by atoms with Gasteiger partial charge in [-0.25, -0.2) is 4.39 Å². The summed E-state index contributed by atoms with van der Waals surface area (Å²) in [5.74, 6) is -0.193. The SMILES string of the molecule is CC(=CCN1CCCCC1)c1ccc(-c2ccc(F)cc2)cc1. The number of benzene rings is 2. The van der Waals surface area contributed by atoms with Gasteiger partial charge in [0.2, 0.25) is 0 Å². The van der Waals surface area contributed by atoms with Gasteiger partial charge in [0.05, 0.1) is 0 Å². The van der Waals surface area contributed by atoms with E-state index in [1.807, 2.05) is 12.1 Å². The Kier molecular flexibility index (Phi) is 5.24. The molecule has 0 unspecified atom stereocenters. The molecule has 0 radical (unpaired) electrons. The molecule has 3 rings (SSSR count).